The van der Waals surface area contributed by atoms with E-state index in [9.17, 15) is 14.4 Å². The zero-order chi connectivity index (χ0) is 21.7. The highest BCUT2D eigenvalue weighted by Gasteiger charge is 2.37. The van der Waals surface area contributed by atoms with Crippen molar-refractivity contribution in [1.82, 2.24) is 9.80 Å². The van der Waals surface area contributed by atoms with Gasteiger partial charge in [0.25, 0.3) is 11.1 Å². The lowest BCUT2D eigenvalue weighted by molar-refractivity contribution is -0.136. The van der Waals surface area contributed by atoms with Crippen molar-refractivity contribution in [2.24, 2.45) is 5.92 Å². The highest BCUT2D eigenvalue weighted by atomic mass is 32.2. The molecule has 2 aliphatic rings. The molecule has 3 rings (SSSR count). The normalized spacial score (nSPS) is 18.6. The minimum atomic E-state index is -0.463. The molecule has 0 unspecified atom stereocenters. The standard InChI is InChI=1S/C22H24N2O5S/c1-4-11-29-17-6-5-16(12-18(17)28-3)13-19-21(26)24(22(27)30-19)14-20(25)23-9-7-15(2)8-10-23/h1,5-6,12-13,15H,7-11,14H2,2-3H3/b19-13-. The van der Waals surface area contributed by atoms with Gasteiger partial charge in [0.15, 0.2) is 11.5 Å². The SMILES string of the molecule is C#CCOc1ccc(/C=C2\SC(=O)N(CC(=O)N3CCC(C)CC3)C2=O)cc1OC. The van der Waals surface area contributed by atoms with E-state index in [1.54, 1.807) is 29.2 Å². The number of carbonyl (C=O) groups is 3. The van der Waals surface area contributed by atoms with Gasteiger partial charge >= 0.3 is 0 Å². The summed E-state index contributed by atoms with van der Waals surface area (Å²) < 4.78 is 10.7. The number of piperidine rings is 1. The number of ether oxygens (including phenoxy) is 2. The molecule has 0 saturated carbocycles. The Morgan fingerprint density at radius 3 is 2.70 bits per heavy atom. The number of terminal acetylenes is 1. The monoisotopic (exact) mass is 428 g/mol. The van der Waals surface area contributed by atoms with Gasteiger partial charge in [-0.2, -0.15) is 0 Å². The molecule has 1 aromatic carbocycles. The largest absolute Gasteiger partial charge is 0.493 e. The van der Waals surface area contributed by atoms with Crippen molar-refractivity contribution in [2.75, 3.05) is 33.4 Å². The molecule has 0 spiro atoms. The van der Waals surface area contributed by atoms with Crippen LogP contribution >= 0.6 is 11.8 Å². The average Bonchev–Trinajstić information content (AvgIpc) is 3.00. The van der Waals surface area contributed by atoms with Crippen LogP contribution in [0.2, 0.25) is 0 Å². The van der Waals surface area contributed by atoms with E-state index in [-0.39, 0.29) is 24.0 Å². The molecule has 0 atom stereocenters. The molecular weight excluding hydrogens is 404 g/mol. The summed E-state index contributed by atoms with van der Waals surface area (Å²) in [6.45, 7) is 3.38. The molecule has 0 bridgehead atoms. The molecular formula is C22H24N2O5S. The zero-order valence-corrected chi connectivity index (χ0v) is 17.9. The quantitative estimate of drug-likeness (QED) is 0.512. The number of nitrogens with zero attached hydrogens (tertiary/aromatic N) is 2. The summed E-state index contributed by atoms with van der Waals surface area (Å²) in [5.41, 5.74) is 0.668. The van der Waals surface area contributed by atoms with Gasteiger partial charge in [-0.1, -0.05) is 18.9 Å². The second-order valence-corrected chi connectivity index (χ2v) is 8.23. The number of methoxy groups -OCH3 is 1. The predicted octanol–water partition coefficient (Wildman–Crippen LogP) is 3.00. The number of hydrogen-bond donors (Lipinski definition) is 0. The lowest BCUT2D eigenvalue weighted by Gasteiger charge is -2.31. The molecule has 158 valence electrons. The number of carbonyl (C=O) groups excluding carboxylic acids is 3. The lowest BCUT2D eigenvalue weighted by atomic mass is 9.99. The number of thioether (sulfide) groups is 1. The lowest BCUT2D eigenvalue weighted by Crippen LogP contribution is -2.45. The van der Waals surface area contributed by atoms with Crippen LogP contribution in [0.5, 0.6) is 11.5 Å². The molecule has 3 amide bonds. The molecule has 0 aromatic heterocycles. The fourth-order valence-corrected chi connectivity index (χ4v) is 4.13. The third-order valence-corrected chi connectivity index (χ3v) is 6.01. The Kier molecular flexibility index (Phi) is 7.06. The van der Waals surface area contributed by atoms with Crippen LogP contribution in [0.15, 0.2) is 23.1 Å². The summed E-state index contributed by atoms with van der Waals surface area (Å²) in [5, 5.41) is -0.439. The molecule has 30 heavy (non-hydrogen) atoms. The van der Waals surface area contributed by atoms with E-state index in [0.717, 1.165) is 29.5 Å². The van der Waals surface area contributed by atoms with Crippen LogP contribution in [0.25, 0.3) is 6.08 Å². The Balaban J connectivity index is 1.70. The van der Waals surface area contributed by atoms with Crippen LogP contribution in [-0.2, 0) is 9.59 Å². The van der Waals surface area contributed by atoms with Crippen molar-refractivity contribution >= 4 is 34.9 Å². The Morgan fingerprint density at radius 1 is 1.30 bits per heavy atom. The van der Waals surface area contributed by atoms with E-state index in [1.165, 1.54) is 7.11 Å². The first kappa shape index (κ1) is 21.8. The highest BCUT2D eigenvalue weighted by molar-refractivity contribution is 8.18. The summed E-state index contributed by atoms with van der Waals surface area (Å²) in [5.74, 6) is 3.28. The van der Waals surface area contributed by atoms with Crippen LogP contribution < -0.4 is 9.47 Å². The Hall–Kier alpha value is -2.92. The van der Waals surface area contributed by atoms with Crippen LogP contribution in [-0.4, -0.2) is 60.2 Å². The van der Waals surface area contributed by atoms with Crippen molar-refractivity contribution < 1.29 is 23.9 Å². The van der Waals surface area contributed by atoms with E-state index in [4.69, 9.17) is 15.9 Å². The molecule has 2 aliphatic heterocycles. The molecule has 2 saturated heterocycles. The zero-order valence-electron chi connectivity index (χ0n) is 17.1. The molecule has 8 heteroatoms. The molecule has 0 radical (unpaired) electrons. The smallest absolute Gasteiger partial charge is 0.294 e. The Morgan fingerprint density at radius 2 is 2.03 bits per heavy atom. The number of benzene rings is 1. The van der Waals surface area contributed by atoms with Crippen LogP contribution in [0, 0.1) is 18.3 Å². The number of imide groups is 1. The van der Waals surface area contributed by atoms with Gasteiger partial charge in [0.1, 0.15) is 13.2 Å². The van der Waals surface area contributed by atoms with Crippen molar-refractivity contribution in [3.8, 4) is 23.8 Å². The Labute approximate surface area is 180 Å². The number of likely N-dealkylation sites (tertiary alicyclic amines) is 1. The average molecular weight is 429 g/mol. The number of amides is 3. The number of hydrogen-bond acceptors (Lipinski definition) is 6. The maximum atomic E-state index is 12.7. The van der Waals surface area contributed by atoms with Gasteiger partial charge in [-0.05, 0) is 54.3 Å². The van der Waals surface area contributed by atoms with Gasteiger partial charge < -0.3 is 14.4 Å². The van der Waals surface area contributed by atoms with Crippen molar-refractivity contribution in [2.45, 2.75) is 19.8 Å². The maximum Gasteiger partial charge on any atom is 0.294 e. The number of rotatable bonds is 6. The van der Waals surface area contributed by atoms with Gasteiger partial charge in [-0.15, -0.1) is 6.42 Å². The van der Waals surface area contributed by atoms with Gasteiger partial charge in [-0.25, -0.2) is 0 Å². The molecule has 2 heterocycles. The minimum absolute atomic E-state index is 0.110. The molecule has 0 aliphatic carbocycles. The fraction of sp³-hybridized carbons (Fsp3) is 0.409. The van der Waals surface area contributed by atoms with E-state index in [0.29, 0.717) is 36.1 Å². The third-order valence-electron chi connectivity index (χ3n) is 5.10. The van der Waals surface area contributed by atoms with Gasteiger partial charge in [-0.3, -0.25) is 19.3 Å². The van der Waals surface area contributed by atoms with Crippen LogP contribution in [0.1, 0.15) is 25.3 Å². The molecule has 7 nitrogen and oxygen atoms in total. The predicted molar refractivity (Wildman–Crippen MR) is 115 cm³/mol. The van der Waals surface area contributed by atoms with Crippen LogP contribution in [0.3, 0.4) is 0 Å². The first-order chi connectivity index (χ1) is 14.4. The van der Waals surface area contributed by atoms with E-state index in [1.807, 2.05) is 0 Å². The minimum Gasteiger partial charge on any atom is -0.493 e. The van der Waals surface area contributed by atoms with E-state index in [2.05, 4.69) is 12.8 Å². The van der Waals surface area contributed by atoms with Crippen molar-refractivity contribution in [1.29, 1.82) is 0 Å². The third kappa shape index (κ3) is 4.97. The van der Waals surface area contributed by atoms with Gasteiger partial charge in [0, 0.05) is 13.1 Å². The van der Waals surface area contributed by atoms with Gasteiger partial charge in [0.2, 0.25) is 5.91 Å². The molecule has 0 N–H and O–H groups in total. The van der Waals surface area contributed by atoms with Crippen molar-refractivity contribution in [3.05, 3.63) is 28.7 Å². The second-order valence-electron chi connectivity index (χ2n) is 7.23. The second kappa shape index (κ2) is 9.72. The maximum absolute atomic E-state index is 12.7. The first-order valence-electron chi connectivity index (χ1n) is 9.70. The summed E-state index contributed by atoms with van der Waals surface area (Å²) in [6.07, 6.45) is 8.69. The molecule has 2 fully saturated rings. The summed E-state index contributed by atoms with van der Waals surface area (Å²) in [7, 11) is 1.50. The topological polar surface area (TPSA) is 76.2 Å². The Bertz CT molecular complexity index is 913. The van der Waals surface area contributed by atoms with E-state index < -0.39 is 11.1 Å². The van der Waals surface area contributed by atoms with E-state index >= 15 is 0 Å². The summed E-state index contributed by atoms with van der Waals surface area (Å²) in [6, 6.07) is 5.12. The van der Waals surface area contributed by atoms with Gasteiger partial charge in [0.05, 0.1) is 12.0 Å². The first-order valence-corrected chi connectivity index (χ1v) is 10.5. The summed E-state index contributed by atoms with van der Waals surface area (Å²) >= 11 is 0.826. The van der Waals surface area contributed by atoms with Crippen LogP contribution in [0.4, 0.5) is 4.79 Å². The van der Waals surface area contributed by atoms with Crippen molar-refractivity contribution in [3.63, 3.8) is 0 Å². The highest BCUT2D eigenvalue weighted by Crippen LogP contribution is 2.34. The molecule has 1 aromatic rings. The summed E-state index contributed by atoms with van der Waals surface area (Å²) in [4.78, 5) is 40.6. The fourth-order valence-electron chi connectivity index (χ4n) is 3.29.